The number of methoxy groups -OCH3 is 1. The predicted molar refractivity (Wildman–Crippen MR) is 106 cm³/mol. The maximum Gasteiger partial charge on any atom is 0.330 e. The Morgan fingerprint density at radius 2 is 1.85 bits per heavy atom. The minimum absolute atomic E-state index is 0.0489. The average molecular weight is 368 g/mol. The lowest BCUT2D eigenvalue weighted by molar-refractivity contribution is -0.384. The van der Waals surface area contributed by atoms with Crippen molar-refractivity contribution in [1.82, 2.24) is 0 Å². The number of hydrogen-bond acceptors (Lipinski definition) is 5. The summed E-state index contributed by atoms with van der Waals surface area (Å²) in [5.74, 6) is -0.517. The van der Waals surface area contributed by atoms with Crippen LogP contribution >= 0.6 is 0 Å². The van der Waals surface area contributed by atoms with Gasteiger partial charge in [-0.3, -0.25) is 10.1 Å². The normalized spacial score (nSPS) is 12.6. The minimum Gasteiger partial charge on any atom is -0.466 e. The van der Waals surface area contributed by atoms with E-state index in [0.717, 1.165) is 5.56 Å². The van der Waals surface area contributed by atoms with E-state index in [1.807, 2.05) is 30.3 Å². The summed E-state index contributed by atoms with van der Waals surface area (Å²) < 4.78 is 4.54. The van der Waals surface area contributed by atoms with Crippen LogP contribution in [0.25, 0.3) is 6.08 Å². The molecule has 0 bridgehead atoms. The Hall–Kier alpha value is -3.15. The molecule has 0 aromatic heterocycles. The number of esters is 1. The lowest BCUT2D eigenvalue weighted by Gasteiger charge is -2.32. The van der Waals surface area contributed by atoms with Gasteiger partial charge in [-0.1, -0.05) is 57.2 Å². The molecule has 2 aromatic rings. The van der Waals surface area contributed by atoms with Gasteiger partial charge in [0.1, 0.15) is 5.69 Å². The number of nitro benzene ring substituents is 1. The SMILES string of the molecule is COC(=O)/C=C/c1ccc(N[C@@H](c2ccccc2)C(C)(C)C)c([N+](=O)[O-])c1. The highest BCUT2D eigenvalue weighted by Crippen LogP contribution is 2.38. The number of carbonyl (C=O) groups excluding carboxylic acids is 1. The van der Waals surface area contributed by atoms with Crippen LogP contribution in [0.1, 0.15) is 37.9 Å². The summed E-state index contributed by atoms with van der Waals surface area (Å²) in [4.78, 5) is 22.4. The predicted octanol–water partition coefficient (Wildman–Crippen LogP) is 4.98. The van der Waals surface area contributed by atoms with E-state index >= 15 is 0 Å². The van der Waals surface area contributed by atoms with E-state index in [9.17, 15) is 14.9 Å². The molecular formula is C21H24N2O4. The molecule has 0 radical (unpaired) electrons. The molecule has 1 atom stereocenters. The molecule has 27 heavy (non-hydrogen) atoms. The molecule has 2 rings (SSSR count). The smallest absolute Gasteiger partial charge is 0.330 e. The van der Waals surface area contributed by atoms with E-state index in [0.29, 0.717) is 11.3 Å². The first-order valence-electron chi connectivity index (χ1n) is 8.58. The summed E-state index contributed by atoms with van der Waals surface area (Å²) in [7, 11) is 1.28. The molecule has 1 N–H and O–H groups in total. The zero-order chi connectivity index (χ0) is 20.0. The molecule has 6 nitrogen and oxygen atoms in total. The number of hydrogen-bond donors (Lipinski definition) is 1. The Kier molecular flexibility index (Phi) is 6.34. The van der Waals surface area contributed by atoms with Gasteiger partial charge in [-0.05, 0) is 28.7 Å². The van der Waals surface area contributed by atoms with Crippen molar-refractivity contribution in [3.8, 4) is 0 Å². The number of nitrogens with one attached hydrogen (secondary N) is 1. The van der Waals surface area contributed by atoms with Crippen molar-refractivity contribution in [2.75, 3.05) is 12.4 Å². The second-order valence-corrected chi connectivity index (χ2v) is 7.24. The van der Waals surface area contributed by atoms with Crippen molar-refractivity contribution in [3.05, 3.63) is 75.8 Å². The van der Waals surface area contributed by atoms with Crippen molar-refractivity contribution >= 4 is 23.4 Å². The van der Waals surface area contributed by atoms with Crippen molar-refractivity contribution in [3.63, 3.8) is 0 Å². The minimum atomic E-state index is -0.517. The second kappa shape index (κ2) is 8.49. The zero-order valence-corrected chi connectivity index (χ0v) is 15.9. The summed E-state index contributed by atoms with van der Waals surface area (Å²) in [5, 5.41) is 14.9. The number of anilines is 1. The van der Waals surface area contributed by atoms with E-state index < -0.39 is 10.9 Å². The number of ether oxygens (including phenoxy) is 1. The first-order valence-corrected chi connectivity index (χ1v) is 8.58. The van der Waals surface area contributed by atoms with Crippen molar-refractivity contribution < 1.29 is 14.5 Å². The monoisotopic (exact) mass is 368 g/mol. The molecule has 6 heteroatoms. The molecule has 0 heterocycles. The van der Waals surface area contributed by atoms with E-state index in [1.54, 1.807) is 12.1 Å². The van der Waals surface area contributed by atoms with Gasteiger partial charge in [-0.25, -0.2) is 4.79 Å². The fourth-order valence-electron chi connectivity index (χ4n) is 2.76. The number of carbonyl (C=O) groups is 1. The van der Waals surface area contributed by atoms with Crippen molar-refractivity contribution in [1.29, 1.82) is 0 Å². The van der Waals surface area contributed by atoms with E-state index in [4.69, 9.17) is 0 Å². The lowest BCUT2D eigenvalue weighted by atomic mass is 9.82. The zero-order valence-electron chi connectivity index (χ0n) is 15.9. The summed E-state index contributed by atoms with van der Waals surface area (Å²) >= 11 is 0. The Labute approximate surface area is 159 Å². The Morgan fingerprint density at radius 1 is 1.19 bits per heavy atom. The van der Waals surface area contributed by atoms with Crippen LogP contribution < -0.4 is 5.32 Å². The third-order valence-electron chi connectivity index (χ3n) is 4.13. The average Bonchev–Trinajstić information content (AvgIpc) is 2.64. The van der Waals surface area contributed by atoms with Gasteiger partial charge >= 0.3 is 5.97 Å². The van der Waals surface area contributed by atoms with Crippen molar-refractivity contribution in [2.24, 2.45) is 5.41 Å². The summed E-state index contributed by atoms with van der Waals surface area (Å²) in [6.07, 6.45) is 2.72. The van der Waals surface area contributed by atoms with Crippen LogP contribution in [0.4, 0.5) is 11.4 Å². The van der Waals surface area contributed by atoms with Gasteiger partial charge in [-0.2, -0.15) is 0 Å². The van der Waals surface area contributed by atoms with E-state index in [-0.39, 0.29) is 17.1 Å². The van der Waals surface area contributed by atoms with Crippen LogP contribution in [0.2, 0.25) is 0 Å². The number of rotatable bonds is 6. The summed E-state index contributed by atoms with van der Waals surface area (Å²) in [5.41, 5.74) is 1.81. The van der Waals surface area contributed by atoms with Crippen molar-refractivity contribution in [2.45, 2.75) is 26.8 Å². The molecule has 142 valence electrons. The molecule has 0 aliphatic rings. The molecule has 0 unspecified atom stereocenters. The fraction of sp³-hybridized carbons (Fsp3) is 0.286. The highest BCUT2D eigenvalue weighted by Gasteiger charge is 2.28. The second-order valence-electron chi connectivity index (χ2n) is 7.24. The first kappa shape index (κ1) is 20.2. The standard InChI is InChI=1S/C21H24N2O4/c1-21(2,3)20(16-8-6-5-7-9-16)22-17-12-10-15(11-13-19(24)27-4)14-18(17)23(25)26/h5-14,20,22H,1-4H3/b13-11+/t20-/m0/s1. The molecule has 0 saturated carbocycles. The highest BCUT2D eigenvalue weighted by molar-refractivity contribution is 5.87. The van der Waals surface area contributed by atoms with Crippen LogP contribution in [-0.2, 0) is 9.53 Å². The van der Waals surface area contributed by atoms with Gasteiger partial charge in [0.15, 0.2) is 0 Å². The maximum atomic E-state index is 11.6. The molecule has 0 spiro atoms. The number of nitro groups is 1. The summed E-state index contributed by atoms with van der Waals surface area (Å²) in [6.45, 7) is 6.24. The number of nitrogens with zero attached hydrogens (tertiary/aromatic N) is 1. The molecule has 0 fully saturated rings. The Morgan fingerprint density at radius 3 is 2.41 bits per heavy atom. The lowest BCUT2D eigenvalue weighted by Crippen LogP contribution is -2.26. The maximum absolute atomic E-state index is 11.6. The van der Waals surface area contributed by atoms with Crippen LogP contribution in [-0.4, -0.2) is 18.0 Å². The Balaban J connectivity index is 2.40. The topological polar surface area (TPSA) is 81.5 Å². The van der Waals surface area contributed by atoms with Gasteiger partial charge < -0.3 is 10.1 Å². The summed E-state index contributed by atoms with van der Waals surface area (Å²) in [6, 6.07) is 14.5. The number of benzene rings is 2. The molecule has 0 aliphatic carbocycles. The largest absolute Gasteiger partial charge is 0.466 e. The van der Waals surface area contributed by atoms with Gasteiger partial charge in [0.25, 0.3) is 5.69 Å². The van der Waals surface area contributed by atoms with Gasteiger partial charge in [0.2, 0.25) is 0 Å². The van der Waals surface area contributed by atoms with Crippen LogP contribution in [0.15, 0.2) is 54.6 Å². The fourth-order valence-corrected chi connectivity index (χ4v) is 2.76. The third-order valence-corrected chi connectivity index (χ3v) is 4.13. The van der Waals surface area contributed by atoms with E-state index in [2.05, 4.69) is 30.8 Å². The van der Waals surface area contributed by atoms with E-state index in [1.165, 1.54) is 25.3 Å². The van der Waals surface area contributed by atoms with Crippen LogP contribution in [0.3, 0.4) is 0 Å². The molecule has 0 aliphatic heterocycles. The van der Waals surface area contributed by atoms with Crippen LogP contribution in [0.5, 0.6) is 0 Å². The Bertz CT molecular complexity index is 839. The molecule has 0 saturated heterocycles. The van der Waals surface area contributed by atoms with Gasteiger partial charge in [0, 0.05) is 12.1 Å². The van der Waals surface area contributed by atoms with Crippen LogP contribution in [0, 0.1) is 15.5 Å². The van der Waals surface area contributed by atoms with Gasteiger partial charge in [0.05, 0.1) is 18.1 Å². The molecule has 0 amide bonds. The quantitative estimate of drug-likeness (QED) is 0.336. The highest BCUT2D eigenvalue weighted by atomic mass is 16.6. The molecule has 2 aromatic carbocycles. The van der Waals surface area contributed by atoms with Gasteiger partial charge in [-0.15, -0.1) is 0 Å². The molecular weight excluding hydrogens is 344 g/mol. The third kappa shape index (κ3) is 5.41. The first-order chi connectivity index (χ1) is 12.7.